The largest absolute Gasteiger partial charge is 0.425 e. The number of para-hydroxylation sites is 1. The van der Waals surface area contributed by atoms with Gasteiger partial charge in [-0.15, -0.1) is 0 Å². The Morgan fingerprint density at radius 2 is 1.89 bits per heavy atom. The second-order valence-corrected chi connectivity index (χ2v) is 5.55. The van der Waals surface area contributed by atoms with Gasteiger partial charge >= 0.3 is 5.97 Å². The van der Waals surface area contributed by atoms with E-state index in [1.165, 1.54) is 25.2 Å². The summed E-state index contributed by atoms with van der Waals surface area (Å²) >= 11 is 0. The molecule has 1 N–H and O–H groups in total. The third-order valence-electron chi connectivity index (χ3n) is 2.37. The van der Waals surface area contributed by atoms with E-state index in [1.54, 1.807) is 13.0 Å². The monoisotopic (exact) mass is 285 g/mol. The molecule has 0 spiro atoms. The molecule has 1 aromatic carbocycles. The Morgan fingerprint density at radius 1 is 1.26 bits per heavy atom. The molecule has 0 bridgehead atoms. The van der Waals surface area contributed by atoms with Gasteiger partial charge in [-0.25, -0.2) is 13.1 Å². The summed E-state index contributed by atoms with van der Waals surface area (Å²) in [6, 6.07) is 5.73. The maximum atomic E-state index is 11.7. The number of sulfonamides is 1. The topological polar surface area (TPSA) is 89.5 Å². The van der Waals surface area contributed by atoms with Crippen LogP contribution in [0.3, 0.4) is 0 Å². The van der Waals surface area contributed by atoms with Gasteiger partial charge in [0, 0.05) is 6.42 Å². The Kier molecular flexibility index (Phi) is 5.20. The first-order valence-corrected chi connectivity index (χ1v) is 7.14. The van der Waals surface area contributed by atoms with Gasteiger partial charge in [-0.05, 0) is 19.2 Å². The SMILES string of the molecule is CCC(=O)CC(=O)Oc1ccccc1S(=O)(=O)NC. The third kappa shape index (κ3) is 4.15. The molecule has 0 unspecified atom stereocenters. The Hall–Kier alpha value is -1.73. The molecule has 0 aromatic heterocycles. The second kappa shape index (κ2) is 6.44. The van der Waals surface area contributed by atoms with E-state index in [1.807, 2.05) is 0 Å². The van der Waals surface area contributed by atoms with Crippen LogP contribution in [-0.4, -0.2) is 27.2 Å². The fourth-order valence-electron chi connectivity index (χ4n) is 1.31. The van der Waals surface area contributed by atoms with Crippen LogP contribution in [0.4, 0.5) is 0 Å². The van der Waals surface area contributed by atoms with E-state index in [0.29, 0.717) is 0 Å². The molecule has 104 valence electrons. The molecule has 0 radical (unpaired) electrons. The van der Waals surface area contributed by atoms with Gasteiger partial charge in [0.15, 0.2) is 5.75 Å². The summed E-state index contributed by atoms with van der Waals surface area (Å²) in [4.78, 5) is 22.5. The van der Waals surface area contributed by atoms with Crippen LogP contribution in [0.15, 0.2) is 29.2 Å². The molecule has 7 heteroatoms. The maximum Gasteiger partial charge on any atom is 0.318 e. The Labute approximate surface area is 111 Å². The quantitative estimate of drug-likeness (QED) is 0.476. The van der Waals surface area contributed by atoms with E-state index in [2.05, 4.69) is 4.72 Å². The van der Waals surface area contributed by atoms with Crippen molar-refractivity contribution >= 4 is 21.8 Å². The molecular weight excluding hydrogens is 270 g/mol. The van der Waals surface area contributed by atoms with Crippen LogP contribution in [-0.2, 0) is 19.6 Å². The van der Waals surface area contributed by atoms with Crippen molar-refractivity contribution in [2.24, 2.45) is 0 Å². The molecule has 0 atom stereocenters. The van der Waals surface area contributed by atoms with Crippen molar-refractivity contribution in [3.63, 3.8) is 0 Å². The number of benzene rings is 1. The molecule has 0 aliphatic rings. The zero-order valence-electron chi connectivity index (χ0n) is 10.7. The summed E-state index contributed by atoms with van der Waals surface area (Å²) in [5.74, 6) is -1.13. The lowest BCUT2D eigenvalue weighted by atomic mass is 10.2. The summed E-state index contributed by atoms with van der Waals surface area (Å²) in [5.41, 5.74) is 0. The average Bonchev–Trinajstić information content (AvgIpc) is 2.38. The van der Waals surface area contributed by atoms with E-state index < -0.39 is 16.0 Å². The van der Waals surface area contributed by atoms with E-state index in [4.69, 9.17) is 4.74 Å². The summed E-state index contributed by atoms with van der Waals surface area (Å²) in [6.45, 7) is 1.63. The predicted octanol–water partition coefficient (Wildman–Crippen LogP) is 0.869. The van der Waals surface area contributed by atoms with Crippen LogP contribution in [0, 0.1) is 0 Å². The van der Waals surface area contributed by atoms with Crippen LogP contribution in [0.5, 0.6) is 5.75 Å². The summed E-state index contributed by atoms with van der Waals surface area (Å²) < 4.78 is 30.5. The number of carbonyl (C=O) groups excluding carboxylic acids is 2. The van der Waals surface area contributed by atoms with E-state index in [0.717, 1.165) is 0 Å². The van der Waals surface area contributed by atoms with Gasteiger partial charge in [0.25, 0.3) is 0 Å². The lowest BCUT2D eigenvalue weighted by Crippen LogP contribution is -2.21. The lowest BCUT2D eigenvalue weighted by molar-refractivity contribution is -0.138. The highest BCUT2D eigenvalue weighted by Gasteiger charge is 2.19. The van der Waals surface area contributed by atoms with Crippen molar-refractivity contribution in [3.05, 3.63) is 24.3 Å². The minimum absolute atomic E-state index is 0.0919. The first-order chi connectivity index (χ1) is 8.90. The number of ketones is 1. The number of ether oxygens (including phenoxy) is 1. The van der Waals surface area contributed by atoms with Crippen molar-refractivity contribution in [2.75, 3.05) is 7.05 Å². The lowest BCUT2D eigenvalue weighted by Gasteiger charge is -2.09. The van der Waals surface area contributed by atoms with Crippen molar-refractivity contribution in [1.82, 2.24) is 4.72 Å². The first-order valence-electron chi connectivity index (χ1n) is 5.65. The van der Waals surface area contributed by atoms with Crippen molar-refractivity contribution in [2.45, 2.75) is 24.7 Å². The normalized spacial score (nSPS) is 11.1. The van der Waals surface area contributed by atoms with Gasteiger partial charge in [-0.3, -0.25) is 9.59 Å². The van der Waals surface area contributed by atoms with Gasteiger partial charge < -0.3 is 4.74 Å². The summed E-state index contributed by atoms with van der Waals surface area (Å²) in [6.07, 6.45) is -0.143. The summed E-state index contributed by atoms with van der Waals surface area (Å²) in [5, 5.41) is 0. The van der Waals surface area contributed by atoms with Crippen LogP contribution in [0.2, 0.25) is 0 Å². The zero-order chi connectivity index (χ0) is 14.5. The molecule has 0 aliphatic carbocycles. The predicted molar refractivity (Wildman–Crippen MR) is 68.2 cm³/mol. The maximum absolute atomic E-state index is 11.7. The number of nitrogens with one attached hydrogen (secondary N) is 1. The fourth-order valence-corrected chi connectivity index (χ4v) is 2.16. The van der Waals surface area contributed by atoms with E-state index >= 15 is 0 Å². The molecule has 0 fully saturated rings. The van der Waals surface area contributed by atoms with Gasteiger partial charge in [0.2, 0.25) is 10.0 Å². The summed E-state index contributed by atoms with van der Waals surface area (Å²) in [7, 11) is -2.46. The number of carbonyl (C=O) groups is 2. The van der Waals surface area contributed by atoms with Gasteiger partial charge in [-0.1, -0.05) is 19.1 Å². The fraction of sp³-hybridized carbons (Fsp3) is 0.333. The van der Waals surface area contributed by atoms with Crippen LogP contribution < -0.4 is 9.46 Å². The molecule has 1 aromatic rings. The molecule has 0 amide bonds. The molecule has 6 nitrogen and oxygen atoms in total. The molecule has 0 saturated heterocycles. The van der Waals surface area contributed by atoms with Crippen molar-refractivity contribution in [1.29, 1.82) is 0 Å². The molecule has 0 aliphatic heterocycles. The third-order valence-corrected chi connectivity index (χ3v) is 3.82. The molecule has 0 heterocycles. The minimum atomic E-state index is -3.72. The smallest absolute Gasteiger partial charge is 0.318 e. The number of esters is 1. The first kappa shape index (κ1) is 15.3. The van der Waals surface area contributed by atoms with Crippen molar-refractivity contribution < 1.29 is 22.7 Å². The number of Topliss-reactive ketones (excluding diaryl/α,β-unsaturated/α-hetero) is 1. The van der Waals surface area contributed by atoms with Gasteiger partial charge in [-0.2, -0.15) is 0 Å². The highest BCUT2D eigenvalue weighted by Crippen LogP contribution is 2.23. The van der Waals surface area contributed by atoms with Crippen molar-refractivity contribution in [3.8, 4) is 5.75 Å². The van der Waals surface area contributed by atoms with Crippen LogP contribution in [0.25, 0.3) is 0 Å². The number of rotatable bonds is 6. The highest BCUT2D eigenvalue weighted by atomic mass is 32.2. The molecule has 19 heavy (non-hydrogen) atoms. The zero-order valence-corrected chi connectivity index (χ0v) is 11.5. The average molecular weight is 285 g/mol. The number of hydrogen-bond acceptors (Lipinski definition) is 5. The second-order valence-electron chi connectivity index (χ2n) is 3.70. The van der Waals surface area contributed by atoms with E-state index in [-0.39, 0.29) is 29.3 Å². The Balaban J connectivity index is 2.97. The van der Waals surface area contributed by atoms with Gasteiger partial charge in [0.1, 0.15) is 17.1 Å². The van der Waals surface area contributed by atoms with E-state index in [9.17, 15) is 18.0 Å². The molecule has 0 saturated carbocycles. The standard InChI is InChI=1S/C12H15NO5S/c1-3-9(14)8-12(15)18-10-6-4-5-7-11(10)19(16,17)13-2/h4-7,13H,3,8H2,1-2H3. The molecular formula is C12H15NO5S. The highest BCUT2D eigenvalue weighted by molar-refractivity contribution is 7.89. The van der Waals surface area contributed by atoms with Crippen LogP contribution in [0.1, 0.15) is 19.8 Å². The minimum Gasteiger partial charge on any atom is -0.425 e. The Morgan fingerprint density at radius 3 is 2.47 bits per heavy atom. The van der Waals surface area contributed by atoms with Crippen LogP contribution >= 0.6 is 0 Å². The number of hydrogen-bond donors (Lipinski definition) is 1. The Bertz CT molecular complexity index is 580. The molecule has 1 rings (SSSR count). The van der Waals surface area contributed by atoms with Gasteiger partial charge in [0.05, 0.1) is 0 Å².